The zero-order valence-electron chi connectivity index (χ0n) is 26.4. The number of fused-ring (bicyclic) bond motifs is 1. The number of halogens is 3. The third-order valence-corrected chi connectivity index (χ3v) is 7.59. The van der Waals surface area contributed by atoms with Crippen LogP contribution in [0.25, 0.3) is 10.9 Å². The number of hydrogen-bond acceptors (Lipinski definition) is 9. The van der Waals surface area contributed by atoms with Crippen molar-refractivity contribution < 1.29 is 36.9 Å². The second-order valence-electron chi connectivity index (χ2n) is 11.2. The van der Waals surface area contributed by atoms with E-state index in [2.05, 4.69) is 25.9 Å². The van der Waals surface area contributed by atoms with Crippen LogP contribution in [0.5, 0.6) is 11.5 Å². The number of rotatable bonds is 12. The van der Waals surface area contributed by atoms with Gasteiger partial charge in [-0.15, -0.1) is 0 Å². The average Bonchev–Trinajstić information content (AvgIpc) is 3.04. The topological polar surface area (TPSA) is 116 Å². The fraction of sp³-hybridized carbons (Fsp3) is 0.382. The monoisotopic (exact) mass is 653 g/mol. The normalized spacial score (nSPS) is 14.4. The SMILES string of the molecule is COCCOc1cc2c(N[C@H](C)c3cc(NC(=O)OCc4ccccc4)cc(C(F)(F)F)c3)nc(C)nc2cc1OC1CCNCC1. The lowest BCUT2D eigenvalue weighted by atomic mass is 10.0. The van der Waals surface area contributed by atoms with Gasteiger partial charge in [0.05, 0.1) is 23.7 Å². The van der Waals surface area contributed by atoms with Crippen LogP contribution in [0.15, 0.2) is 60.7 Å². The first kappa shape index (κ1) is 33.7. The molecule has 0 radical (unpaired) electrons. The number of benzene rings is 3. The highest BCUT2D eigenvalue weighted by Gasteiger charge is 2.32. The summed E-state index contributed by atoms with van der Waals surface area (Å²) >= 11 is 0. The van der Waals surface area contributed by atoms with Crippen LogP contribution in [-0.4, -0.2) is 55.6 Å². The largest absolute Gasteiger partial charge is 0.487 e. The second kappa shape index (κ2) is 15.3. The Hall–Kier alpha value is -4.62. The average molecular weight is 654 g/mol. The minimum Gasteiger partial charge on any atom is -0.487 e. The number of aromatic nitrogens is 2. The Kier molecular flexibility index (Phi) is 11.0. The van der Waals surface area contributed by atoms with Gasteiger partial charge in [0.15, 0.2) is 11.5 Å². The van der Waals surface area contributed by atoms with Gasteiger partial charge in [-0.1, -0.05) is 30.3 Å². The highest BCUT2D eigenvalue weighted by atomic mass is 19.4. The first-order chi connectivity index (χ1) is 22.6. The van der Waals surface area contributed by atoms with Gasteiger partial charge in [0.2, 0.25) is 0 Å². The van der Waals surface area contributed by atoms with Crippen LogP contribution in [0.4, 0.5) is 29.5 Å². The summed E-state index contributed by atoms with van der Waals surface area (Å²) < 4.78 is 64.6. The molecule has 0 aliphatic carbocycles. The van der Waals surface area contributed by atoms with Crippen molar-refractivity contribution >= 4 is 28.5 Å². The number of alkyl halides is 3. The van der Waals surface area contributed by atoms with E-state index in [9.17, 15) is 18.0 Å². The van der Waals surface area contributed by atoms with Gasteiger partial charge in [-0.2, -0.15) is 13.2 Å². The predicted octanol–water partition coefficient (Wildman–Crippen LogP) is 7.03. The lowest BCUT2D eigenvalue weighted by molar-refractivity contribution is -0.137. The third kappa shape index (κ3) is 9.23. The molecule has 2 heterocycles. The van der Waals surface area contributed by atoms with E-state index in [4.69, 9.17) is 18.9 Å². The molecule has 1 saturated heterocycles. The standard InChI is InChI=1S/C34H38F3N5O5/c1-21(24-15-25(34(35,36)37)17-26(16-24)42-33(43)46-20-23-7-5-4-6-8-23)39-32-28-18-30(45-14-13-44-3)31(19-29(28)40-22(2)41-32)47-27-9-11-38-12-10-27/h4-8,15-19,21,27,38H,9-14,20H2,1-3H3,(H,42,43)(H,39,40,41)/t21-/m1/s1. The van der Waals surface area contributed by atoms with E-state index in [1.807, 2.05) is 6.07 Å². The Morgan fingerprint density at radius 2 is 1.79 bits per heavy atom. The minimum atomic E-state index is -4.66. The molecule has 3 aromatic carbocycles. The number of ether oxygens (including phenoxy) is 4. The van der Waals surface area contributed by atoms with E-state index in [0.717, 1.165) is 43.6 Å². The molecule has 250 valence electrons. The van der Waals surface area contributed by atoms with Crippen molar-refractivity contribution in [3.05, 3.63) is 83.2 Å². The number of carbonyl (C=O) groups excluding carboxylic acids is 1. The van der Waals surface area contributed by atoms with Gasteiger partial charge >= 0.3 is 12.3 Å². The highest BCUT2D eigenvalue weighted by Crippen LogP contribution is 2.38. The Morgan fingerprint density at radius 1 is 1.02 bits per heavy atom. The molecule has 3 N–H and O–H groups in total. The van der Waals surface area contributed by atoms with Gasteiger partial charge in [0.1, 0.15) is 31.0 Å². The minimum absolute atomic E-state index is 0.0124. The summed E-state index contributed by atoms with van der Waals surface area (Å²) in [5.41, 5.74) is 0.626. The lowest BCUT2D eigenvalue weighted by Crippen LogP contribution is -2.34. The zero-order valence-corrected chi connectivity index (χ0v) is 26.4. The van der Waals surface area contributed by atoms with Crippen molar-refractivity contribution in [2.24, 2.45) is 0 Å². The first-order valence-electron chi connectivity index (χ1n) is 15.4. The molecule has 1 amide bonds. The molecular weight excluding hydrogens is 615 g/mol. The molecule has 5 rings (SSSR count). The number of anilines is 2. The number of amides is 1. The first-order valence-corrected chi connectivity index (χ1v) is 15.4. The quantitative estimate of drug-likeness (QED) is 0.139. The molecule has 1 fully saturated rings. The Balaban J connectivity index is 1.42. The molecule has 1 aromatic heterocycles. The molecule has 0 unspecified atom stereocenters. The van der Waals surface area contributed by atoms with Crippen LogP contribution in [0.3, 0.4) is 0 Å². The number of hydrogen-bond donors (Lipinski definition) is 3. The molecule has 0 spiro atoms. The van der Waals surface area contributed by atoms with E-state index in [0.29, 0.717) is 40.7 Å². The van der Waals surface area contributed by atoms with Gasteiger partial charge in [0.25, 0.3) is 0 Å². The maximum absolute atomic E-state index is 14.0. The van der Waals surface area contributed by atoms with Gasteiger partial charge in [-0.3, -0.25) is 5.32 Å². The Bertz CT molecular complexity index is 1670. The Labute approximate surface area is 271 Å². The summed E-state index contributed by atoms with van der Waals surface area (Å²) in [6, 6.07) is 15.3. The summed E-state index contributed by atoms with van der Waals surface area (Å²) in [6.07, 6.45) is -3.82. The number of piperidine rings is 1. The van der Waals surface area contributed by atoms with E-state index in [1.165, 1.54) is 6.07 Å². The maximum atomic E-state index is 14.0. The maximum Gasteiger partial charge on any atom is 0.416 e. The van der Waals surface area contributed by atoms with E-state index in [-0.39, 0.29) is 30.6 Å². The third-order valence-electron chi connectivity index (χ3n) is 7.59. The number of methoxy groups -OCH3 is 1. The van der Waals surface area contributed by atoms with Crippen molar-refractivity contribution in [1.82, 2.24) is 15.3 Å². The van der Waals surface area contributed by atoms with Crippen LogP contribution >= 0.6 is 0 Å². The van der Waals surface area contributed by atoms with E-state index in [1.54, 1.807) is 57.4 Å². The van der Waals surface area contributed by atoms with Crippen LogP contribution in [0.2, 0.25) is 0 Å². The molecule has 13 heteroatoms. The summed E-state index contributed by atoms with van der Waals surface area (Å²) in [4.78, 5) is 21.7. The predicted molar refractivity (Wildman–Crippen MR) is 172 cm³/mol. The molecule has 0 saturated carbocycles. The van der Waals surface area contributed by atoms with E-state index >= 15 is 0 Å². The summed E-state index contributed by atoms with van der Waals surface area (Å²) in [5, 5.41) is 9.61. The molecule has 47 heavy (non-hydrogen) atoms. The number of carbonyl (C=O) groups is 1. The number of nitrogens with zero attached hydrogens (tertiary/aromatic N) is 2. The van der Waals surface area contributed by atoms with Crippen molar-refractivity contribution in [3.8, 4) is 11.5 Å². The molecule has 0 bridgehead atoms. The van der Waals surface area contributed by atoms with Gasteiger partial charge in [0, 0.05) is 24.2 Å². The van der Waals surface area contributed by atoms with Crippen LogP contribution in [0.1, 0.15) is 48.3 Å². The zero-order chi connectivity index (χ0) is 33.4. The summed E-state index contributed by atoms with van der Waals surface area (Å²) in [7, 11) is 1.58. The van der Waals surface area contributed by atoms with Crippen molar-refractivity contribution in [2.75, 3.05) is 44.0 Å². The van der Waals surface area contributed by atoms with Crippen LogP contribution < -0.4 is 25.4 Å². The fourth-order valence-electron chi connectivity index (χ4n) is 5.20. The van der Waals surface area contributed by atoms with Crippen molar-refractivity contribution in [1.29, 1.82) is 0 Å². The molecule has 1 aliphatic heterocycles. The number of nitrogens with one attached hydrogen (secondary N) is 3. The molecule has 4 aromatic rings. The fourth-order valence-corrected chi connectivity index (χ4v) is 5.20. The molecule has 1 atom stereocenters. The van der Waals surface area contributed by atoms with Crippen LogP contribution in [-0.2, 0) is 22.3 Å². The van der Waals surface area contributed by atoms with E-state index < -0.39 is 23.9 Å². The van der Waals surface area contributed by atoms with Crippen LogP contribution in [0, 0.1) is 6.92 Å². The smallest absolute Gasteiger partial charge is 0.416 e. The highest BCUT2D eigenvalue weighted by molar-refractivity contribution is 5.92. The van der Waals surface area contributed by atoms with Gasteiger partial charge in [-0.05, 0) is 75.2 Å². The second-order valence-corrected chi connectivity index (χ2v) is 11.2. The Morgan fingerprint density at radius 3 is 2.51 bits per heavy atom. The summed E-state index contributed by atoms with van der Waals surface area (Å²) in [6.45, 7) is 5.77. The van der Waals surface area contributed by atoms with Crippen molar-refractivity contribution in [2.45, 2.75) is 51.6 Å². The van der Waals surface area contributed by atoms with Gasteiger partial charge in [-0.25, -0.2) is 14.8 Å². The van der Waals surface area contributed by atoms with Crippen molar-refractivity contribution in [3.63, 3.8) is 0 Å². The van der Waals surface area contributed by atoms with Gasteiger partial charge < -0.3 is 29.6 Å². The lowest BCUT2D eigenvalue weighted by Gasteiger charge is -2.25. The number of aryl methyl sites for hydroxylation is 1. The summed E-state index contributed by atoms with van der Waals surface area (Å²) in [5.74, 6) is 1.89. The molecular formula is C34H38F3N5O5. The molecule has 1 aliphatic rings. The molecule has 10 nitrogen and oxygen atoms in total.